The summed E-state index contributed by atoms with van der Waals surface area (Å²) in [4.78, 5) is 3.93. The van der Waals surface area contributed by atoms with Crippen molar-refractivity contribution in [3.8, 4) is 0 Å². The van der Waals surface area contributed by atoms with Gasteiger partial charge < -0.3 is 4.55 Å². The zero-order valence-corrected chi connectivity index (χ0v) is 18.9. The maximum absolute atomic E-state index is 10.3. The Hall–Kier alpha value is -2.86. The van der Waals surface area contributed by atoms with Gasteiger partial charge in [0.2, 0.25) is 0 Å². The third-order valence-corrected chi connectivity index (χ3v) is 7.64. The molecular formula is C26H24O3S2. The van der Waals surface area contributed by atoms with E-state index in [9.17, 15) is 13.0 Å². The molecule has 0 aliphatic rings. The lowest BCUT2D eigenvalue weighted by Crippen LogP contribution is -2.04. The van der Waals surface area contributed by atoms with Gasteiger partial charge >= 0.3 is 0 Å². The van der Waals surface area contributed by atoms with E-state index in [1.807, 2.05) is 0 Å². The van der Waals surface area contributed by atoms with Gasteiger partial charge in [0.15, 0.2) is 14.7 Å². The Morgan fingerprint density at radius 2 is 1.00 bits per heavy atom. The average molecular weight is 449 g/mol. The molecule has 0 fully saturated rings. The Labute approximate surface area is 187 Å². The summed E-state index contributed by atoms with van der Waals surface area (Å²) in [5.41, 5.74) is 1.39. The lowest BCUT2D eigenvalue weighted by molar-refractivity contribution is 0.463. The number of hydrogen-bond donors (Lipinski definition) is 0. The molecule has 0 unspecified atom stereocenters. The summed E-state index contributed by atoms with van der Waals surface area (Å²) in [7, 11) is -4.28. The van der Waals surface area contributed by atoms with E-state index < -0.39 is 10.1 Å². The summed E-state index contributed by atoms with van der Waals surface area (Å²) >= 11 is 0. The van der Waals surface area contributed by atoms with Crippen LogP contribution in [0, 0.1) is 0 Å². The van der Waals surface area contributed by atoms with Crippen molar-refractivity contribution in [1.82, 2.24) is 0 Å². The summed E-state index contributed by atoms with van der Waals surface area (Å²) in [6.07, 6.45) is 1.09. The molecular weight excluding hydrogens is 424 g/mol. The van der Waals surface area contributed by atoms with Gasteiger partial charge in [-0.3, -0.25) is 0 Å². The summed E-state index contributed by atoms with van der Waals surface area (Å²) in [6.45, 7) is 2.20. The highest BCUT2D eigenvalue weighted by Gasteiger charge is 2.27. The SMILES string of the molecule is CCc1ccc([S+](c2ccccc2)c2ccccc2)cc1.O=S(=O)([O-])c1ccccc1. The van der Waals surface area contributed by atoms with Crippen molar-refractivity contribution in [2.45, 2.75) is 32.9 Å². The Morgan fingerprint density at radius 1 is 0.613 bits per heavy atom. The zero-order valence-electron chi connectivity index (χ0n) is 17.2. The predicted molar refractivity (Wildman–Crippen MR) is 125 cm³/mol. The van der Waals surface area contributed by atoms with Crippen LogP contribution in [-0.2, 0) is 27.4 Å². The standard InChI is InChI=1S/C20H19S.C6H6O3S/c1-2-17-13-15-20(16-14-17)21(18-9-5-3-6-10-18)19-11-7-4-8-12-19;7-10(8,9)6-4-2-1-3-5-6/h3-16H,2H2,1H3;1-5H,(H,7,8,9)/q+1;/p-1. The molecule has 0 saturated heterocycles. The molecule has 4 aromatic carbocycles. The highest BCUT2D eigenvalue weighted by molar-refractivity contribution is 7.97. The van der Waals surface area contributed by atoms with E-state index in [1.54, 1.807) is 6.07 Å². The number of rotatable bonds is 5. The van der Waals surface area contributed by atoms with Gasteiger partial charge in [-0.1, -0.05) is 73.7 Å². The second-order valence-electron chi connectivity index (χ2n) is 6.70. The van der Waals surface area contributed by atoms with Gasteiger partial charge in [0.25, 0.3) is 0 Å². The van der Waals surface area contributed by atoms with E-state index in [4.69, 9.17) is 0 Å². The molecule has 0 spiro atoms. The first-order valence-electron chi connectivity index (χ1n) is 9.93. The fourth-order valence-electron chi connectivity index (χ4n) is 2.97. The van der Waals surface area contributed by atoms with Crippen molar-refractivity contribution >= 4 is 21.0 Å². The van der Waals surface area contributed by atoms with Crippen molar-refractivity contribution in [3.63, 3.8) is 0 Å². The van der Waals surface area contributed by atoms with Gasteiger partial charge in [-0.05, 0) is 60.5 Å². The first-order chi connectivity index (χ1) is 15.0. The van der Waals surface area contributed by atoms with Crippen molar-refractivity contribution in [2.24, 2.45) is 0 Å². The Bertz CT molecular complexity index is 1120. The summed E-state index contributed by atoms with van der Waals surface area (Å²) in [5.74, 6) is 0. The lowest BCUT2D eigenvalue weighted by Gasteiger charge is -2.08. The van der Waals surface area contributed by atoms with Crippen LogP contribution in [0.4, 0.5) is 0 Å². The van der Waals surface area contributed by atoms with Gasteiger partial charge in [0.1, 0.15) is 10.1 Å². The van der Waals surface area contributed by atoms with Crippen LogP contribution >= 0.6 is 0 Å². The van der Waals surface area contributed by atoms with Crippen LogP contribution < -0.4 is 0 Å². The predicted octanol–water partition coefficient (Wildman–Crippen LogP) is 5.94. The molecule has 5 heteroatoms. The van der Waals surface area contributed by atoms with E-state index in [2.05, 4.69) is 91.9 Å². The minimum Gasteiger partial charge on any atom is -0.744 e. The Kier molecular flexibility index (Phi) is 8.06. The van der Waals surface area contributed by atoms with E-state index >= 15 is 0 Å². The van der Waals surface area contributed by atoms with Gasteiger partial charge in [-0.2, -0.15) is 0 Å². The molecule has 0 aromatic heterocycles. The smallest absolute Gasteiger partial charge is 0.166 e. The summed E-state index contributed by atoms with van der Waals surface area (Å²) in [5, 5.41) is 0. The third-order valence-electron chi connectivity index (χ3n) is 4.56. The third kappa shape index (κ3) is 6.56. The largest absolute Gasteiger partial charge is 0.744 e. The van der Waals surface area contributed by atoms with Crippen molar-refractivity contribution < 1.29 is 13.0 Å². The van der Waals surface area contributed by atoms with Crippen LogP contribution in [-0.4, -0.2) is 13.0 Å². The molecule has 4 aromatic rings. The van der Waals surface area contributed by atoms with Crippen LogP contribution in [0.25, 0.3) is 0 Å². The molecule has 0 N–H and O–H groups in total. The Morgan fingerprint density at radius 3 is 1.35 bits per heavy atom. The molecule has 0 aliphatic heterocycles. The summed E-state index contributed by atoms with van der Waals surface area (Å²) in [6, 6.07) is 37.8. The molecule has 4 rings (SSSR count). The van der Waals surface area contributed by atoms with E-state index in [-0.39, 0.29) is 15.8 Å². The molecule has 0 aliphatic carbocycles. The molecule has 0 heterocycles. The van der Waals surface area contributed by atoms with Crippen molar-refractivity contribution in [3.05, 3.63) is 121 Å². The normalized spacial score (nSPS) is 10.9. The first kappa shape index (κ1) is 22.8. The van der Waals surface area contributed by atoms with Crippen molar-refractivity contribution in [2.75, 3.05) is 0 Å². The maximum atomic E-state index is 10.3. The summed E-state index contributed by atoms with van der Waals surface area (Å²) < 4.78 is 30.8. The van der Waals surface area contributed by atoms with Gasteiger partial charge in [-0.15, -0.1) is 0 Å². The topological polar surface area (TPSA) is 57.2 Å². The fraction of sp³-hybridized carbons (Fsp3) is 0.0769. The monoisotopic (exact) mass is 448 g/mol. The molecule has 31 heavy (non-hydrogen) atoms. The highest BCUT2D eigenvalue weighted by Crippen LogP contribution is 2.31. The van der Waals surface area contributed by atoms with E-state index in [1.165, 1.54) is 44.5 Å². The molecule has 0 atom stereocenters. The van der Waals surface area contributed by atoms with E-state index in [0.717, 1.165) is 6.42 Å². The lowest BCUT2D eigenvalue weighted by atomic mass is 10.2. The highest BCUT2D eigenvalue weighted by atomic mass is 32.2. The number of benzene rings is 4. The van der Waals surface area contributed by atoms with Crippen LogP contribution in [0.2, 0.25) is 0 Å². The van der Waals surface area contributed by atoms with Crippen LogP contribution in [0.5, 0.6) is 0 Å². The average Bonchev–Trinajstić information content (AvgIpc) is 2.82. The second kappa shape index (κ2) is 11.0. The molecule has 158 valence electrons. The van der Waals surface area contributed by atoms with Gasteiger partial charge in [0, 0.05) is 0 Å². The molecule has 3 nitrogen and oxygen atoms in total. The first-order valence-corrected chi connectivity index (χ1v) is 12.6. The maximum Gasteiger partial charge on any atom is 0.166 e. The van der Waals surface area contributed by atoms with E-state index in [0.29, 0.717) is 0 Å². The zero-order chi connectivity index (χ0) is 22.1. The van der Waals surface area contributed by atoms with Crippen molar-refractivity contribution in [1.29, 1.82) is 0 Å². The number of hydrogen-bond acceptors (Lipinski definition) is 3. The van der Waals surface area contributed by atoms with Crippen LogP contribution in [0.1, 0.15) is 12.5 Å². The minimum atomic E-state index is -4.25. The van der Waals surface area contributed by atoms with Crippen LogP contribution in [0.15, 0.2) is 135 Å². The minimum absolute atomic E-state index is 0.0249. The van der Waals surface area contributed by atoms with Gasteiger partial charge in [0.05, 0.1) is 15.8 Å². The fourth-order valence-corrected chi connectivity index (χ4v) is 5.54. The molecule has 0 bridgehead atoms. The van der Waals surface area contributed by atoms with Crippen LogP contribution in [0.3, 0.4) is 0 Å². The Balaban J connectivity index is 0.000000229. The number of aryl methyl sites for hydroxylation is 1. The van der Waals surface area contributed by atoms with Gasteiger partial charge in [-0.25, -0.2) is 8.42 Å². The quantitative estimate of drug-likeness (QED) is 0.281. The molecule has 0 saturated carbocycles. The molecule has 0 amide bonds. The second-order valence-corrected chi connectivity index (χ2v) is 10.1. The molecule has 0 radical (unpaired) electrons.